The Morgan fingerprint density at radius 3 is 1.73 bits per heavy atom. The van der Waals surface area contributed by atoms with Gasteiger partial charge in [-0.2, -0.15) is 0 Å². The average Bonchev–Trinajstić information content (AvgIpc) is 2.65. The van der Waals surface area contributed by atoms with Gasteiger partial charge in [-0.05, 0) is 53.9 Å². The Bertz CT molecular complexity index is 565. The van der Waals surface area contributed by atoms with Gasteiger partial charge in [0.05, 0.1) is 0 Å². The maximum atomic E-state index is 13.1. The lowest BCUT2D eigenvalue weighted by molar-refractivity contribution is -0.120. The predicted octanol–water partition coefficient (Wildman–Crippen LogP) is 9.45. The Balaban J connectivity index is 2.08. The summed E-state index contributed by atoms with van der Waals surface area (Å²) in [6.07, 6.45) is 20.5. The molecule has 0 aromatic carbocycles. The van der Waals surface area contributed by atoms with E-state index < -0.39 is 0 Å². The molecule has 0 radical (unpaired) electrons. The number of ketones is 1. The minimum Gasteiger partial charge on any atom is -0.295 e. The van der Waals surface area contributed by atoms with Crippen molar-refractivity contribution < 1.29 is 4.79 Å². The molecule has 0 aromatic heterocycles. The molecule has 0 N–H and O–H groups in total. The van der Waals surface area contributed by atoms with Crippen LogP contribution in [0, 0.1) is 22.7 Å². The molecular formula is C29H52O. The fourth-order valence-electron chi connectivity index (χ4n) is 5.84. The molecule has 2 aliphatic rings. The van der Waals surface area contributed by atoms with E-state index in [1.54, 1.807) is 0 Å². The lowest BCUT2D eigenvalue weighted by Crippen LogP contribution is -2.41. The van der Waals surface area contributed by atoms with Gasteiger partial charge in [0.15, 0.2) is 5.78 Å². The summed E-state index contributed by atoms with van der Waals surface area (Å²) in [5.74, 6) is 2.22. The van der Waals surface area contributed by atoms with E-state index in [4.69, 9.17) is 0 Å². The Hall–Kier alpha value is -0.590. The standard InChI is InChI=1S/C29H52O/c1-23-16-11-9-7-8-10-12-20-25-26(21-14-13-17-24(2)19-15-18-23)29(5,6)28(3,4)22-27(25)30/h23-24H,7-22H2,1-6H3. The molecule has 0 saturated heterocycles. The first-order chi connectivity index (χ1) is 14.1. The molecule has 174 valence electrons. The first kappa shape index (κ1) is 25.7. The molecule has 0 bridgehead atoms. The third-order valence-electron chi connectivity index (χ3n) is 8.89. The fraction of sp³-hybridized carbons (Fsp3) is 0.897. The van der Waals surface area contributed by atoms with Crippen LogP contribution in [0.4, 0.5) is 0 Å². The van der Waals surface area contributed by atoms with Crippen molar-refractivity contribution in [1.82, 2.24) is 0 Å². The van der Waals surface area contributed by atoms with Gasteiger partial charge in [0.1, 0.15) is 0 Å². The molecule has 2 atom stereocenters. The van der Waals surface area contributed by atoms with Crippen LogP contribution in [-0.4, -0.2) is 5.78 Å². The van der Waals surface area contributed by atoms with Gasteiger partial charge in [-0.15, -0.1) is 0 Å². The minimum atomic E-state index is 0.0716. The largest absolute Gasteiger partial charge is 0.295 e. The summed E-state index contributed by atoms with van der Waals surface area (Å²) in [7, 11) is 0. The Morgan fingerprint density at radius 2 is 1.10 bits per heavy atom. The van der Waals surface area contributed by atoms with E-state index in [0.717, 1.165) is 31.1 Å². The highest BCUT2D eigenvalue weighted by molar-refractivity contribution is 5.98. The second-order valence-electron chi connectivity index (χ2n) is 12.1. The highest BCUT2D eigenvalue weighted by Crippen LogP contribution is 2.53. The lowest BCUT2D eigenvalue weighted by atomic mass is 9.56. The number of carbonyl (C=O) groups is 1. The topological polar surface area (TPSA) is 17.1 Å². The first-order valence-corrected chi connectivity index (χ1v) is 13.4. The summed E-state index contributed by atoms with van der Waals surface area (Å²) < 4.78 is 0. The van der Waals surface area contributed by atoms with Crippen molar-refractivity contribution in [1.29, 1.82) is 0 Å². The predicted molar refractivity (Wildman–Crippen MR) is 132 cm³/mol. The molecule has 0 amide bonds. The third-order valence-corrected chi connectivity index (χ3v) is 8.89. The zero-order chi connectivity index (χ0) is 22.2. The molecule has 0 aliphatic heterocycles. The number of allylic oxidation sites excluding steroid dienone is 2. The number of Topliss-reactive ketones (excluding diaryl/α,β-unsaturated/α-hetero) is 1. The van der Waals surface area contributed by atoms with Crippen LogP contribution < -0.4 is 0 Å². The van der Waals surface area contributed by atoms with E-state index in [2.05, 4.69) is 41.5 Å². The van der Waals surface area contributed by atoms with Gasteiger partial charge in [-0.25, -0.2) is 0 Å². The van der Waals surface area contributed by atoms with Crippen molar-refractivity contribution in [2.75, 3.05) is 0 Å². The quantitative estimate of drug-likeness (QED) is 0.384. The van der Waals surface area contributed by atoms with Gasteiger partial charge in [0, 0.05) is 6.42 Å². The van der Waals surface area contributed by atoms with E-state index >= 15 is 0 Å². The normalized spacial score (nSPS) is 30.7. The summed E-state index contributed by atoms with van der Waals surface area (Å²) in [4.78, 5) is 13.1. The Morgan fingerprint density at radius 1 is 0.633 bits per heavy atom. The van der Waals surface area contributed by atoms with Crippen LogP contribution in [0.5, 0.6) is 0 Å². The maximum absolute atomic E-state index is 13.1. The molecule has 2 unspecified atom stereocenters. The summed E-state index contributed by atoms with van der Waals surface area (Å²) in [6, 6.07) is 0. The van der Waals surface area contributed by atoms with Crippen molar-refractivity contribution in [2.45, 2.75) is 144 Å². The molecule has 1 nitrogen and oxygen atoms in total. The van der Waals surface area contributed by atoms with Crippen molar-refractivity contribution in [3.63, 3.8) is 0 Å². The van der Waals surface area contributed by atoms with Crippen LogP contribution in [0.3, 0.4) is 0 Å². The number of hydrogen-bond donors (Lipinski definition) is 0. The first-order valence-electron chi connectivity index (χ1n) is 13.4. The van der Waals surface area contributed by atoms with Crippen molar-refractivity contribution in [2.24, 2.45) is 22.7 Å². The van der Waals surface area contributed by atoms with Crippen LogP contribution >= 0.6 is 0 Å². The van der Waals surface area contributed by atoms with E-state index in [0.29, 0.717) is 5.78 Å². The summed E-state index contributed by atoms with van der Waals surface area (Å²) >= 11 is 0. The number of hydrogen-bond acceptors (Lipinski definition) is 1. The third kappa shape index (κ3) is 7.23. The van der Waals surface area contributed by atoms with Crippen LogP contribution in [0.1, 0.15) is 144 Å². The van der Waals surface area contributed by atoms with Crippen LogP contribution in [0.25, 0.3) is 0 Å². The average molecular weight is 417 g/mol. The lowest BCUT2D eigenvalue weighted by Gasteiger charge is -2.48. The van der Waals surface area contributed by atoms with Gasteiger partial charge in [0.25, 0.3) is 0 Å². The number of carbonyl (C=O) groups excluding carboxylic acids is 1. The minimum absolute atomic E-state index is 0.0716. The van der Waals surface area contributed by atoms with Crippen LogP contribution in [0.2, 0.25) is 0 Å². The second kappa shape index (κ2) is 11.9. The van der Waals surface area contributed by atoms with Crippen molar-refractivity contribution in [3.05, 3.63) is 11.1 Å². The maximum Gasteiger partial charge on any atom is 0.159 e. The molecule has 0 aromatic rings. The van der Waals surface area contributed by atoms with E-state index in [1.165, 1.54) is 94.6 Å². The van der Waals surface area contributed by atoms with Crippen molar-refractivity contribution in [3.8, 4) is 0 Å². The van der Waals surface area contributed by atoms with Crippen LogP contribution in [0.15, 0.2) is 11.1 Å². The highest BCUT2D eigenvalue weighted by atomic mass is 16.1. The monoisotopic (exact) mass is 416 g/mol. The highest BCUT2D eigenvalue weighted by Gasteiger charge is 2.46. The molecule has 2 rings (SSSR count). The Kier molecular flexibility index (Phi) is 10.2. The van der Waals surface area contributed by atoms with Gasteiger partial charge in [-0.1, -0.05) is 118 Å². The fourth-order valence-corrected chi connectivity index (χ4v) is 5.84. The smallest absolute Gasteiger partial charge is 0.159 e. The Labute approximate surface area is 188 Å². The summed E-state index contributed by atoms with van der Waals surface area (Å²) in [6.45, 7) is 14.4. The van der Waals surface area contributed by atoms with Crippen molar-refractivity contribution >= 4 is 5.78 Å². The van der Waals surface area contributed by atoms with Gasteiger partial charge in [-0.3, -0.25) is 4.79 Å². The van der Waals surface area contributed by atoms with Gasteiger partial charge in [0.2, 0.25) is 0 Å². The second-order valence-corrected chi connectivity index (χ2v) is 12.1. The summed E-state index contributed by atoms with van der Waals surface area (Å²) in [5.41, 5.74) is 2.96. The SMILES string of the molecule is CC1CCCCCCCCC2=C(CCCCC(C)CCC1)C(C)(C)C(C)(C)CC2=O. The van der Waals surface area contributed by atoms with Gasteiger partial charge < -0.3 is 0 Å². The zero-order valence-electron chi connectivity index (χ0n) is 21.4. The molecule has 0 spiro atoms. The molecule has 0 fully saturated rings. The molecule has 1 heteroatoms. The van der Waals surface area contributed by atoms with E-state index in [1.807, 2.05) is 0 Å². The van der Waals surface area contributed by atoms with Crippen LogP contribution in [-0.2, 0) is 4.79 Å². The molecular weight excluding hydrogens is 364 g/mol. The molecule has 0 heterocycles. The molecule has 2 aliphatic carbocycles. The van der Waals surface area contributed by atoms with Gasteiger partial charge >= 0.3 is 0 Å². The molecule has 30 heavy (non-hydrogen) atoms. The van der Waals surface area contributed by atoms with E-state index in [9.17, 15) is 4.79 Å². The molecule has 0 saturated carbocycles. The number of rotatable bonds is 0. The zero-order valence-corrected chi connectivity index (χ0v) is 21.4. The van der Waals surface area contributed by atoms with E-state index in [-0.39, 0.29) is 10.8 Å². The summed E-state index contributed by atoms with van der Waals surface area (Å²) in [5, 5.41) is 0.